The Kier molecular flexibility index (Phi) is 2.52. The SMILES string of the molecule is NC[C@H](O)c1ccc(O)c(N)c1. The Morgan fingerprint density at radius 1 is 1.42 bits per heavy atom. The highest BCUT2D eigenvalue weighted by atomic mass is 16.3. The van der Waals surface area contributed by atoms with Gasteiger partial charge in [-0.05, 0) is 17.7 Å². The van der Waals surface area contributed by atoms with Crippen molar-refractivity contribution < 1.29 is 10.2 Å². The van der Waals surface area contributed by atoms with Crippen LogP contribution in [0.4, 0.5) is 5.69 Å². The Morgan fingerprint density at radius 3 is 2.58 bits per heavy atom. The Morgan fingerprint density at radius 2 is 2.08 bits per heavy atom. The number of hydrogen-bond donors (Lipinski definition) is 4. The van der Waals surface area contributed by atoms with Crippen molar-refractivity contribution in [1.29, 1.82) is 0 Å². The molecule has 0 bridgehead atoms. The molecule has 0 spiro atoms. The first-order chi connectivity index (χ1) is 5.65. The molecule has 0 radical (unpaired) electrons. The molecule has 1 aromatic carbocycles. The largest absolute Gasteiger partial charge is 0.506 e. The summed E-state index contributed by atoms with van der Waals surface area (Å²) in [4.78, 5) is 0. The summed E-state index contributed by atoms with van der Waals surface area (Å²) in [5.41, 5.74) is 11.5. The van der Waals surface area contributed by atoms with E-state index in [1.165, 1.54) is 12.1 Å². The van der Waals surface area contributed by atoms with Gasteiger partial charge in [0.05, 0.1) is 11.8 Å². The average Bonchev–Trinajstić information content (AvgIpc) is 2.08. The van der Waals surface area contributed by atoms with Gasteiger partial charge in [0.25, 0.3) is 0 Å². The molecular weight excluding hydrogens is 156 g/mol. The lowest BCUT2D eigenvalue weighted by molar-refractivity contribution is 0.187. The van der Waals surface area contributed by atoms with Crippen LogP contribution in [0.1, 0.15) is 11.7 Å². The molecule has 4 heteroatoms. The van der Waals surface area contributed by atoms with Gasteiger partial charge in [-0.2, -0.15) is 0 Å². The molecule has 4 nitrogen and oxygen atoms in total. The van der Waals surface area contributed by atoms with E-state index in [9.17, 15) is 5.11 Å². The van der Waals surface area contributed by atoms with E-state index in [1.54, 1.807) is 6.07 Å². The zero-order valence-corrected chi connectivity index (χ0v) is 6.57. The molecule has 0 aliphatic heterocycles. The fraction of sp³-hybridized carbons (Fsp3) is 0.250. The summed E-state index contributed by atoms with van der Waals surface area (Å²) in [5, 5.41) is 18.3. The number of anilines is 1. The molecule has 0 fully saturated rings. The first-order valence-corrected chi connectivity index (χ1v) is 3.61. The van der Waals surface area contributed by atoms with Crippen LogP contribution in [0.5, 0.6) is 5.75 Å². The number of phenols is 1. The van der Waals surface area contributed by atoms with E-state index in [2.05, 4.69) is 0 Å². The molecule has 0 aliphatic carbocycles. The highest BCUT2D eigenvalue weighted by Gasteiger charge is 2.06. The summed E-state index contributed by atoms with van der Waals surface area (Å²) in [6, 6.07) is 4.53. The zero-order valence-electron chi connectivity index (χ0n) is 6.57. The number of rotatable bonds is 2. The van der Waals surface area contributed by atoms with Crippen LogP contribution in [-0.4, -0.2) is 16.8 Å². The summed E-state index contributed by atoms with van der Waals surface area (Å²) >= 11 is 0. The number of aromatic hydroxyl groups is 1. The predicted molar refractivity (Wildman–Crippen MR) is 46.5 cm³/mol. The Labute approximate surface area is 70.4 Å². The van der Waals surface area contributed by atoms with Crippen molar-refractivity contribution in [1.82, 2.24) is 0 Å². The van der Waals surface area contributed by atoms with Crippen LogP contribution in [0, 0.1) is 0 Å². The molecule has 0 amide bonds. The van der Waals surface area contributed by atoms with Crippen LogP contribution in [-0.2, 0) is 0 Å². The van der Waals surface area contributed by atoms with Crippen LogP contribution < -0.4 is 11.5 Å². The van der Waals surface area contributed by atoms with Gasteiger partial charge in [-0.15, -0.1) is 0 Å². The third kappa shape index (κ3) is 1.66. The Bertz CT molecular complexity index is 276. The van der Waals surface area contributed by atoms with Crippen LogP contribution >= 0.6 is 0 Å². The highest BCUT2D eigenvalue weighted by Crippen LogP contribution is 2.23. The summed E-state index contributed by atoms with van der Waals surface area (Å²) in [6.07, 6.45) is -0.715. The second-order valence-electron chi connectivity index (χ2n) is 2.57. The number of aliphatic hydroxyl groups excluding tert-OH is 1. The first kappa shape index (κ1) is 8.83. The minimum atomic E-state index is -0.715. The topological polar surface area (TPSA) is 92.5 Å². The van der Waals surface area contributed by atoms with Gasteiger partial charge in [0.15, 0.2) is 0 Å². The third-order valence-corrected chi connectivity index (χ3v) is 1.66. The van der Waals surface area contributed by atoms with Gasteiger partial charge in [-0.25, -0.2) is 0 Å². The van der Waals surface area contributed by atoms with Crippen molar-refractivity contribution in [2.24, 2.45) is 5.73 Å². The average molecular weight is 168 g/mol. The number of aliphatic hydroxyl groups is 1. The van der Waals surface area contributed by atoms with Crippen LogP contribution in [0.2, 0.25) is 0 Å². The molecule has 1 aromatic rings. The van der Waals surface area contributed by atoms with E-state index in [-0.39, 0.29) is 18.0 Å². The minimum absolute atomic E-state index is 0.0166. The maximum Gasteiger partial charge on any atom is 0.138 e. The van der Waals surface area contributed by atoms with Crippen LogP contribution in [0.25, 0.3) is 0 Å². The summed E-state index contributed by atoms with van der Waals surface area (Å²) in [7, 11) is 0. The maximum absolute atomic E-state index is 9.28. The van der Waals surface area contributed by atoms with Crippen molar-refractivity contribution in [3.63, 3.8) is 0 Å². The Hall–Kier alpha value is -1.26. The normalized spacial score (nSPS) is 12.8. The molecule has 1 atom stereocenters. The number of hydrogen-bond acceptors (Lipinski definition) is 4. The molecule has 66 valence electrons. The molecule has 1 rings (SSSR count). The molecule has 0 aromatic heterocycles. The minimum Gasteiger partial charge on any atom is -0.506 e. The van der Waals surface area contributed by atoms with Crippen molar-refractivity contribution in [3.05, 3.63) is 23.8 Å². The van der Waals surface area contributed by atoms with Gasteiger partial charge in [0.1, 0.15) is 5.75 Å². The zero-order chi connectivity index (χ0) is 9.14. The van der Waals surface area contributed by atoms with E-state index in [4.69, 9.17) is 16.6 Å². The van der Waals surface area contributed by atoms with E-state index in [0.29, 0.717) is 5.56 Å². The highest BCUT2D eigenvalue weighted by molar-refractivity contribution is 5.53. The number of nitrogens with two attached hydrogens (primary N) is 2. The Balaban J connectivity index is 2.96. The van der Waals surface area contributed by atoms with Crippen molar-refractivity contribution in [3.8, 4) is 5.75 Å². The molecule has 0 aliphatic rings. The smallest absolute Gasteiger partial charge is 0.138 e. The van der Waals surface area contributed by atoms with Gasteiger partial charge >= 0.3 is 0 Å². The van der Waals surface area contributed by atoms with Crippen LogP contribution in [0.15, 0.2) is 18.2 Å². The third-order valence-electron chi connectivity index (χ3n) is 1.66. The maximum atomic E-state index is 9.28. The van der Waals surface area contributed by atoms with Crippen molar-refractivity contribution >= 4 is 5.69 Å². The van der Waals surface area contributed by atoms with E-state index >= 15 is 0 Å². The number of phenolic OH excluding ortho intramolecular Hbond substituents is 1. The first-order valence-electron chi connectivity index (χ1n) is 3.61. The number of nitrogen functional groups attached to an aromatic ring is 1. The summed E-state index contributed by atoms with van der Waals surface area (Å²) in [6.45, 7) is 0.143. The molecular formula is C8H12N2O2. The van der Waals surface area contributed by atoms with Crippen LogP contribution in [0.3, 0.4) is 0 Å². The molecule has 12 heavy (non-hydrogen) atoms. The fourth-order valence-corrected chi connectivity index (χ4v) is 0.916. The molecule has 0 saturated carbocycles. The summed E-state index contributed by atoms with van der Waals surface area (Å²) in [5.74, 6) is 0.0166. The lowest BCUT2D eigenvalue weighted by Crippen LogP contribution is -2.11. The quantitative estimate of drug-likeness (QED) is 0.368. The molecule has 6 N–H and O–H groups in total. The lowest BCUT2D eigenvalue weighted by atomic mass is 10.1. The fourth-order valence-electron chi connectivity index (χ4n) is 0.916. The van der Waals surface area contributed by atoms with Gasteiger partial charge < -0.3 is 21.7 Å². The lowest BCUT2D eigenvalue weighted by Gasteiger charge is -2.08. The van der Waals surface area contributed by atoms with Gasteiger partial charge in [0, 0.05) is 6.54 Å². The van der Waals surface area contributed by atoms with E-state index < -0.39 is 6.10 Å². The number of benzene rings is 1. The monoisotopic (exact) mass is 168 g/mol. The van der Waals surface area contributed by atoms with Gasteiger partial charge in [0.2, 0.25) is 0 Å². The van der Waals surface area contributed by atoms with Gasteiger partial charge in [-0.3, -0.25) is 0 Å². The molecule has 0 heterocycles. The predicted octanol–water partition coefficient (Wildman–Crippen LogP) is -0.0335. The molecule has 0 unspecified atom stereocenters. The standard InChI is InChI=1S/C8H12N2O2/c9-4-8(12)5-1-2-7(11)6(10)3-5/h1-3,8,11-12H,4,9-10H2/t8-/m0/s1. The second kappa shape index (κ2) is 3.42. The van der Waals surface area contributed by atoms with E-state index in [0.717, 1.165) is 0 Å². The van der Waals surface area contributed by atoms with E-state index in [1.807, 2.05) is 0 Å². The summed E-state index contributed by atoms with van der Waals surface area (Å²) < 4.78 is 0. The van der Waals surface area contributed by atoms with Gasteiger partial charge in [-0.1, -0.05) is 6.07 Å². The van der Waals surface area contributed by atoms with Crippen molar-refractivity contribution in [2.45, 2.75) is 6.10 Å². The molecule has 0 saturated heterocycles. The van der Waals surface area contributed by atoms with Crippen molar-refractivity contribution in [2.75, 3.05) is 12.3 Å². The second-order valence-corrected chi connectivity index (χ2v) is 2.57.